The minimum absolute atomic E-state index is 0.0522. The zero-order chi connectivity index (χ0) is 39.4. The number of aliphatic hydroxyl groups is 5. The Hall–Kier alpha value is -2.42. The van der Waals surface area contributed by atoms with E-state index in [4.69, 9.17) is 25.7 Å². The number of amides is 3. The fourth-order valence-corrected chi connectivity index (χ4v) is 7.71. The van der Waals surface area contributed by atoms with Crippen LogP contribution in [0.4, 0.5) is 0 Å². The Morgan fingerprint density at radius 3 is 2.40 bits per heavy atom. The molecule has 3 fully saturated rings. The molecule has 0 aromatic carbocycles. The fourth-order valence-electron chi connectivity index (χ4n) is 7.42. The minimum Gasteiger partial charge on any atom is -0.726 e. The van der Waals surface area contributed by atoms with E-state index in [1.54, 1.807) is 13.8 Å². The second-order valence-corrected chi connectivity index (χ2v) is 15.4. The summed E-state index contributed by atoms with van der Waals surface area (Å²) in [5, 5.41) is 57.2. The average Bonchev–Trinajstić information content (AvgIpc) is 3.72. The summed E-state index contributed by atoms with van der Waals surface area (Å²) in [6.07, 6.45) is -9.76. The predicted molar refractivity (Wildman–Crippen MR) is 178 cm³/mol. The third kappa shape index (κ3) is 10.7. The number of fused-ring (bicyclic) bond motifs is 1. The summed E-state index contributed by atoms with van der Waals surface area (Å²) in [4.78, 5) is 43.9. The maximum Gasteiger partial charge on any atom is 0.252 e. The van der Waals surface area contributed by atoms with E-state index < -0.39 is 127 Å². The van der Waals surface area contributed by atoms with Gasteiger partial charge in [0, 0.05) is 19.7 Å². The SMILES string of the molecule is CO[C@@H](COS(=O)(=O)[O-])C(=O)N[C@H](C(=O)N1[C@@H](C(=O)NCCC2=CC[NH+](C(N)N)C2)C[C@H]2C[C@@H](O)[C@H](O[C@@H]3O[C@@H](CO)[C@H](O)[C@@H](O)[C@@H]3O)C[C@H]21)C(C)C. The Morgan fingerprint density at radius 2 is 1.81 bits per heavy atom. The lowest BCUT2D eigenvalue weighted by Crippen LogP contribution is -3.18. The van der Waals surface area contributed by atoms with Gasteiger partial charge >= 0.3 is 0 Å². The first-order valence-corrected chi connectivity index (χ1v) is 18.9. The van der Waals surface area contributed by atoms with E-state index in [1.807, 2.05) is 6.08 Å². The third-order valence-corrected chi connectivity index (χ3v) is 10.8. The summed E-state index contributed by atoms with van der Waals surface area (Å²) in [5.74, 6) is -3.12. The number of nitrogens with one attached hydrogen (secondary N) is 3. The quantitative estimate of drug-likeness (QED) is 0.0301. The fraction of sp³-hybridized carbons (Fsp3) is 0.839. The number of ether oxygens (including phenoxy) is 3. The highest BCUT2D eigenvalue weighted by Crippen LogP contribution is 2.42. The number of hydrogen-bond acceptors (Lipinski definition) is 17. The van der Waals surface area contributed by atoms with Crippen LogP contribution in [0, 0.1) is 11.8 Å². The summed E-state index contributed by atoms with van der Waals surface area (Å²) < 4.78 is 53.6. The molecule has 304 valence electrons. The van der Waals surface area contributed by atoms with Crippen LogP contribution >= 0.6 is 0 Å². The minimum atomic E-state index is -5.16. The number of nitrogens with zero attached hydrogens (tertiary/aromatic N) is 1. The van der Waals surface area contributed by atoms with Crippen LogP contribution in [0.1, 0.15) is 39.5 Å². The van der Waals surface area contributed by atoms with E-state index in [-0.39, 0.29) is 25.8 Å². The molecule has 0 aromatic heterocycles. The van der Waals surface area contributed by atoms with Gasteiger partial charge in [0.1, 0.15) is 49.7 Å². The summed E-state index contributed by atoms with van der Waals surface area (Å²) in [6.45, 7) is 3.11. The Morgan fingerprint density at radius 1 is 1.11 bits per heavy atom. The molecule has 0 spiro atoms. The number of carbonyl (C=O) groups excluding carboxylic acids is 3. The first-order valence-electron chi connectivity index (χ1n) is 17.6. The molecule has 53 heavy (non-hydrogen) atoms. The molecule has 3 amide bonds. The molecule has 4 rings (SSSR count). The van der Waals surface area contributed by atoms with Crippen molar-refractivity contribution in [3.63, 3.8) is 0 Å². The van der Waals surface area contributed by atoms with Crippen molar-refractivity contribution in [1.29, 1.82) is 0 Å². The second-order valence-electron chi connectivity index (χ2n) is 14.4. The van der Waals surface area contributed by atoms with Gasteiger partial charge in [0.2, 0.25) is 22.2 Å². The molecule has 1 aliphatic carbocycles. The molecule has 22 heteroatoms. The number of likely N-dealkylation sites (tertiary alicyclic amines) is 1. The zero-order valence-corrected chi connectivity index (χ0v) is 30.7. The molecule has 13 atom stereocenters. The van der Waals surface area contributed by atoms with Gasteiger partial charge in [0.15, 0.2) is 18.7 Å². The van der Waals surface area contributed by atoms with Gasteiger partial charge in [-0.3, -0.25) is 30.0 Å². The monoisotopic (exact) mass is 782 g/mol. The molecule has 0 bridgehead atoms. The molecular weight excluding hydrogens is 728 g/mol. The average molecular weight is 783 g/mol. The number of quaternary nitrogens is 1. The topological polar surface area (TPSA) is 330 Å². The number of carbonyl (C=O) groups is 3. The van der Waals surface area contributed by atoms with Gasteiger partial charge in [-0.1, -0.05) is 13.8 Å². The standard InChI is InChI=1S/C31H54N6O15S/c1-14(2)23(35-28(44)22(49-3)13-50-53(46,47)48)29(45)37-17-10-20(51-30-26(42)25(41)24(40)21(12-38)52-30)19(39)9-16(17)8-18(37)27(43)34-6-4-15-5-7-36(11-15)31(32)33/h5,14,16-26,30-31,38-42H,4,6-13,32-33H2,1-3H3,(H,34,43)(H,35,44)(H,46,47,48)/t16-,17+,18+,19+,20+,21-,22-,23-,24-,25+,26-,30+/m0/s1. The Kier molecular flexibility index (Phi) is 15.1. The molecule has 0 radical (unpaired) electrons. The Bertz CT molecular complexity index is 1420. The van der Waals surface area contributed by atoms with Crippen molar-refractivity contribution in [2.45, 2.75) is 113 Å². The number of rotatable bonds is 16. The normalized spacial score (nSPS) is 34.5. The van der Waals surface area contributed by atoms with Gasteiger partial charge < -0.3 is 64.7 Å². The van der Waals surface area contributed by atoms with Crippen LogP contribution in [-0.2, 0) is 43.2 Å². The first kappa shape index (κ1) is 43.3. The van der Waals surface area contributed by atoms with Gasteiger partial charge in [0.05, 0.1) is 25.4 Å². The summed E-state index contributed by atoms with van der Waals surface area (Å²) >= 11 is 0. The van der Waals surface area contributed by atoms with E-state index in [0.29, 0.717) is 19.5 Å². The van der Waals surface area contributed by atoms with Crippen molar-refractivity contribution in [2.75, 3.05) is 40.0 Å². The van der Waals surface area contributed by atoms with Gasteiger partial charge in [0.25, 0.3) is 5.91 Å². The molecule has 2 saturated heterocycles. The molecule has 3 aliphatic heterocycles. The van der Waals surface area contributed by atoms with Crippen LogP contribution in [-0.4, -0.2) is 175 Å². The van der Waals surface area contributed by atoms with Gasteiger partial charge in [-0.2, -0.15) is 0 Å². The van der Waals surface area contributed by atoms with Crippen molar-refractivity contribution in [3.8, 4) is 0 Å². The van der Waals surface area contributed by atoms with Crippen molar-refractivity contribution >= 4 is 28.1 Å². The molecule has 0 aromatic rings. The lowest BCUT2D eigenvalue weighted by atomic mass is 9.81. The van der Waals surface area contributed by atoms with Crippen LogP contribution in [0.2, 0.25) is 0 Å². The highest BCUT2D eigenvalue weighted by molar-refractivity contribution is 7.80. The highest BCUT2D eigenvalue weighted by atomic mass is 32.3. The first-order chi connectivity index (χ1) is 24.9. The molecular formula is C31H54N6O15S. The maximum atomic E-state index is 14.5. The molecule has 3 heterocycles. The van der Waals surface area contributed by atoms with E-state index in [9.17, 15) is 52.9 Å². The van der Waals surface area contributed by atoms with Gasteiger partial charge in [-0.25, -0.2) is 8.42 Å². The van der Waals surface area contributed by atoms with Crippen molar-refractivity contribution in [3.05, 3.63) is 11.6 Å². The van der Waals surface area contributed by atoms with Crippen molar-refractivity contribution < 1.29 is 76.2 Å². The Labute approximate surface area is 307 Å². The Balaban J connectivity index is 1.56. The van der Waals surface area contributed by atoms with E-state index in [0.717, 1.165) is 17.6 Å². The lowest BCUT2D eigenvalue weighted by Gasteiger charge is -2.44. The van der Waals surface area contributed by atoms with Crippen LogP contribution in [0.5, 0.6) is 0 Å². The van der Waals surface area contributed by atoms with Crippen LogP contribution in [0.15, 0.2) is 11.6 Å². The highest BCUT2D eigenvalue weighted by Gasteiger charge is 2.54. The number of methoxy groups -OCH3 is 1. The van der Waals surface area contributed by atoms with E-state index in [2.05, 4.69) is 14.8 Å². The second kappa shape index (κ2) is 18.5. The van der Waals surface area contributed by atoms with Crippen LogP contribution in [0.3, 0.4) is 0 Å². The van der Waals surface area contributed by atoms with Crippen LogP contribution in [0.25, 0.3) is 0 Å². The molecule has 1 saturated carbocycles. The maximum absolute atomic E-state index is 14.5. The predicted octanol–water partition coefficient (Wildman–Crippen LogP) is -6.92. The molecule has 1 unspecified atom stereocenters. The molecule has 21 nitrogen and oxygen atoms in total. The third-order valence-electron chi connectivity index (χ3n) is 10.4. The van der Waals surface area contributed by atoms with Crippen molar-refractivity contribution in [2.24, 2.45) is 23.3 Å². The summed E-state index contributed by atoms with van der Waals surface area (Å²) in [6, 6.07) is -3.09. The zero-order valence-electron chi connectivity index (χ0n) is 29.9. The van der Waals surface area contributed by atoms with Crippen LogP contribution < -0.4 is 27.0 Å². The van der Waals surface area contributed by atoms with E-state index in [1.165, 1.54) is 4.90 Å². The number of aliphatic hydroxyl groups excluding tert-OH is 5. The van der Waals surface area contributed by atoms with Gasteiger partial charge in [-0.05, 0) is 49.2 Å². The van der Waals surface area contributed by atoms with Crippen molar-refractivity contribution in [1.82, 2.24) is 15.5 Å². The number of hydrogen-bond donors (Lipinski definition) is 10. The smallest absolute Gasteiger partial charge is 0.252 e. The van der Waals surface area contributed by atoms with Gasteiger partial charge in [-0.15, -0.1) is 0 Å². The summed E-state index contributed by atoms with van der Waals surface area (Å²) in [5.41, 5.74) is 12.7. The molecule has 12 N–H and O–H groups in total. The number of nitrogens with two attached hydrogens (primary N) is 2. The molecule has 4 aliphatic rings. The largest absolute Gasteiger partial charge is 0.726 e. The lowest BCUT2D eigenvalue weighted by molar-refractivity contribution is -0.909. The van der Waals surface area contributed by atoms with E-state index >= 15 is 0 Å². The summed E-state index contributed by atoms with van der Waals surface area (Å²) in [7, 11) is -4.08.